The van der Waals surface area contributed by atoms with E-state index in [1.165, 1.54) is 16.5 Å². The van der Waals surface area contributed by atoms with Crippen molar-refractivity contribution in [2.24, 2.45) is 0 Å². The second-order valence-electron chi connectivity index (χ2n) is 4.96. The van der Waals surface area contributed by atoms with Gasteiger partial charge in [0.25, 0.3) is 0 Å². The lowest BCUT2D eigenvalue weighted by Gasteiger charge is -2.08. The van der Waals surface area contributed by atoms with Crippen LogP contribution in [-0.4, -0.2) is 12.1 Å². The van der Waals surface area contributed by atoms with Gasteiger partial charge < -0.3 is 4.74 Å². The highest BCUT2D eigenvalue weighted by molar-refractivity contribution is 5.82. The average Bonchev–Trinajstić information content (AvgIpc) is 2.48. The minimum Gasteiger partial charge on any atom is -0.497 e. The standard InChI is InChI=1S/C18H17NO/c1-13-11-15(17-5-3-4-6-18(17)19-13)12-14-7-9-16(20-2)10-8-14/h3-11H,12H2,1-2H3. The lowest BCUT2D eigenvalue weighted by Crippen LogP contribution is -1.94. The topological polar surface area (TPSA) is 22.1 Å². The second-order valence-corrected chi connectivity index (χ2v) is 4.96. The molecule has 0 aliphatic heterocycles. The van der Waals surface area contributed by atoms with E-state index in [4.69, 9.17) is 4.74 Å². The lowest BCUT2D eigenvalue weighted by molar-refractivity contribution is 0.414. The van der Waals surface area contributed by atoms with Gasteiger partial charge in [-0.3, -0.25) is 4.98 Å². The van der Waals surface area contributed by atoms with E-state index in [1.807, 2.05) is 25.1 Å². The molecule has 100 valence electrons. The Labute approximate surface area is 119 Å². The van der Waals surface area contributed by atoms with Gasteiger partial charge in [-0.05, 0) is 48.7 Å². The molecule has 0 atom stereocenters. The summed E-state index contributed by atoms with van der Waals surface area (Å²) in [5.74, 6) is 0.893. The Balaban J connectivity index is 2.01. The van der Waals surface area contributed by atoms with Gasteiger partial charge in [0.1, 0.15) is 5.75 Å². The summed E-state index contributed by atoms with van der Waals surface area (Å²) in [4.78, 5) is 4.59. The van der Waals surface area contributed by atoms with E-state index < -0.39 is 0 Å². The van der Waals surface area contributed by atoms with E-state index in [-0.39, 0.29) is 0 Å². The first kappa shape index (κ1) is 12.7. The molecule has 0 amide bonds. The van der Waals surface area contributed by atoms with Crippen LogP contribution in [0.1, 0.15) is 16.8 Å². The fourth-order valence-electron chi connectivity index (χ4n) is 2.50. The Kier molecular flexibility index (Phi) is 3.38. The number of aryl methyl sites for hydroxylation is 1. The van der Waals surface area contributed by atoms with Gasteiger partial charge in [-0.25, -0.2) is 0 Å². The van der Waals surface area contributed by atoms with Crippen molar-refractivity contribution in [1.29, 1.82) is 0 Å². The molecule has 0 saturated heterocycles. The van der Waals surface area contributed by atoms with Gasteiger partial charge in [0.05, 0.1) is 12.6 Å². The number of methoxy groups -OCH3 is 1. The van der Waals surface area contributed by atoms with Crippen molar-refractivity contribution in [3.63, 3.8) is 0 Å². The van der Waals surface area contributed by atoms with Crippen LogP contribution in [0, 0.1) is 6.92 Å². The smallest absolute Gasteiger partial charge is 0.118 e. The van der Waals surface area contributed by atoms with Crippen LogP contribution in [0.25, 0.3) is 10.9 Å². The monoisotopic (exact) mass is 263 g/mol. The zero-order valence-corrected chi connectivity index (χ0v) is 11.8. The van der Waals surface area contributed by atoms with Crippen LogP contribution in [0.3, 0.4) is 0 Å². The van der Waals surface area contributed by atoms with Crippen LogP contribution >= 0.6 is 0 Å². The van der Waals surface area contributed by atoms with Crippen molar-refractivity contribution in [2.75, 3.05) is 7.11 Å². The molecule has 3 rings (SSSR count). The SMILES string of the molecule is COc1ccc(Cc2cc(C)nc3ccccc23)cc1. The zero-order chi connectivity index (χ0) is 13.9. The van der Waals surface area contributed by atoms with Gasteiger partial charge >= 0.3 is 0 Å². The number of pyridine rings is 1. The Morgan fingerprint density at radius 2 is 1.75 bits per heavy atom. The molecule has 0 N–H and O–H groups in total. The van der Waals surface area contributed by atoms with Crippen molar-refractivity contribution < 1.29 is 4.74 Å². The number of hydrogen-bond acceptors (Lipinski definition) is 2. The van der Waals surface area contributed by atoms with Gasteiger partial charge in [0.15, 0.2) is 0 Å². The molecule has 1 heterocycles. The molecule has 0 aliphatic rings. The first-order valence-electron chi connectivity index (χ1n) is 6.74. The van der Waals surface area contributed by atoms with Crippen molar-refractivity contribution >= 4 is 10.9 Å². The maximum absolute atomic E-state index is 5.20. The molecule has 20 heavy (non-hydrogen) atoms. The summed E-state index contributed by atoms with van der Waals surface area (Å²) in [5.41, 5.74) is 4.73. The second kappa shape index (κ2) is 5.33. The molecule has 0 unspecified atom stereocenters. The zero-order valence-electron chi connectivity index (χ0n) is 11.8. The van der Waals surface area contributed by atoms with Crippen LogP contribution in [0.15, 0.2) is 54.6 Å². The summed E-state index contributed by atoms with van der Waals surface area (Å²) < 4.78 is 5.20. The summed E-state index contributed by atoms with van der Waals surface area (Å²) in [6.45, 7) is 2.05. The highest BCUT2D eigenvalue weighted by Gasteiger charge is 2.05. The first-order valence-corrected chi connectivity index (χ1v) is 6.74. The Hall–Kier alpha value is -2.35. The van der Waals surface area contributed by atoms with E-state index in [1.54, 1.807) is 7.11 Å². The van der Waals surface area contributed by atoms with E-state index >= 15 is 0 Å². The predicted molar refractivity (Wildman–Crippen MR) is 82.3 cm³/mol. The number of nitrogens with zero attached hydrogens (tertiary/aromatic N) is 1. The largest absolute Gasteiger partial charge is 0.497 e. The van der Waals surface area contributed by atoms with Crippen LogP contribution in [-0.2, 0) is 6.42 Å². The Morgan fingerprint density at radius 1 is 1.00 bits per heavy atom. The molecule has 0 fully saturated rings. The van der Waals surface area contributed by atoms with E-state index in [0.29, 0.717) is 0 Å². The summed E-state index contributed by atoms with van der Waals surface area (Å²) in [5, 5.41) is 1.23. The molecule has 2 heteroatoms. The fourth-order valence-corrected chi connectivity index (χ4v) is 2.50. The number of rotatable bonds is 3. The van der Waals surface area contributed by atoms with Crippen LogP contribution in [0.2, 0.25) is 0 Å². The molecular weight excluding hydrogens is 246 g/mol. The molecule has 2 nitrogen and oxygen atoms in total. The third kappa shape index (κ3) is 2.50. The van der Waals surface area contributed by atoms with Gasteiger partial charge in [0, 0.05) is 11.1 Å². The highest BCUT2D eigenvalue weighted by Crippen LogP contribution is 2.22. The molecule has 1 aromatic heterocycles. The van der Waals surface area contributed by atoms with Crippen LogP contribution in [0.4, 0.5) is 0 Å². The molecular formula is C18H17NO. The van der Waals surface area contributed by atoms with Crippen molar-refractivity contribution in [1.82, 2.24) is 4.98 Å². The molecule has 0 spiro atoms. The summed E-state index contributed by atoms with van der Waals surface area (Å²) in [7, 11) is 1.69. The number of ether oxygens (including phenoxy) is 1. The van der Waals surface area contributed by atoms with E-state index in [9.17, 15) is 0 Å². The summed E-state index contributed by atoms with van der Waals surface area (Å²) in [6.07, 6.45) is 0.911. The minimum atomic E-state index is 0.893. The predicted octanol–water partition coefficient (Wildman–Crippen LogP) is 4.14. The number of para-hydroxylation sites is 1. The summed E-state index contributed by atoms with van der Waals surface area (Å²) in [6, 6.07) is 18.7. The van der Waals surface area contributed by atoms with E-state index in [2.05, 4.69) is 41.4 Å². The van der Waals surface area contributed by atoms with Crippen LogP contribution < -0.4 is 4.74 Å². The number of aromatic nitrogens is 1. The maximum atomic E-state index is 5.20. The average molecular weight is 263 g/mol. The minimum absolute atomic E-state index is 0.893. The Bertz CT molecular complexity index is 732. The highest BCUT2D eigenvalue weighted by atomic mass is 16.5. The third-order valence-corrected chi connectivity index (χ3v) is 3.48. The molecule has 0 aliphatic carbocycles. The Morgan fingerprint density at radius 3 is 2.50 bits per heavy atom. The number of benzene rings is 2. The van der Waals surface area contributed by atoms with Gasteiger partial charge in [-0.1, -0.05) is 30.3 Å². The van der Waals surface area contributed by atoms with Gasteiger partial charge in [0.2, 0.25) is 0 Å². The molecule has 0 bridgehead atoms. The third-order valence-electron chi connectivity index (χ3n) is 3.48. The van der Waals surface area contributed by atoms with Crippen LogP contribution in [0.5, 0.6) is 5.75 Å². The van der Waals surface area contributed by atoms with E-state index in [0.717, 1.165) is 23.4 Å². The molecule has 2 aromatic carbocycles. The van der Waals surface area contributed by atoms with Gasteiger partial charge in [-0.2, -0.15) is 0 Å². The molecule has 0 saturated carbocycles. The van der Waals surface area contributed by atoms with Crippen molar-refractivity contribution in [3.05, 3.63) is 71.4 Å². The molecule has 3 aromatic rings. The first-order chi connectivity index (χ1) is 9.76. The quantitative estimate of drug-likeness (QED) is 0.708. The molecule has 0 radical (unpaired) electrons. The van der Waals surface area contributed by atoms with Gasteiger partial charge in [-0.15, -0.1) is 0 Å². The number of fused-ring (bicyclic) bond motifs is 1. The fraction of sp³-hybridized carbons (Fsp3) is 0.167. The summed E-state index contributed by atoms with van der Waals surface area (Å²) >= 11 is 0. The normalized spacial score (nSPS) is 10.7. The van der Waals surface area contributed by atoms with Crippen molar-refractivity contribution in [2.45, 2.75) is 13.3 Å². The van der Waals surface area contributed by atoms with Crippen molar-refractivity contribution in [3.8, 4) is 5.75 Å². The number of hydrogen-bond donors (Lipinski definition) is 0. The maximum Gasteiger partial charge on any atom is 0.118 e. The lowest BCUT2D eigenvalue weighted by atomic mass is 10.0.